The number of hydrogen-bond donors (Lipinski definition) is 2. The van der Waals surface area contributed by atoms with E-state index in [0.29, 0.717) is 6.61 Å². The molecule has 2 rings (SSSR count). The summed E-state index contributed by atoms with van der Waals surface area (Å²) in [4.78, 5) is 11.9. The topological polar surface area (TPSA) is 50.4 Å². The molecule has 2 aromatic rings. The van der Waals surface area contributed by atoms with Crippen LogP contribution in [0, 0.1) is 0 Å². The SMILES string of the molecule is CCOc1ccc(NCC(=O)Nc2ccc(CC)cc2)cc1. The maximum atomic E-state index is 11.9. The van der Waals surface area contributed by atoms with Crippen molar-refractivity contribution in [1.29, 1.82) is 0 Å². The Labute approximate surface area is 131 Å². The van der Waals surface area contributed by atoms with Gasteiger partial charge in [-0.1, -0.05) is 19.1 Å². The van der Waals surface area contributed by atoms with Gasteiger partial charge in [-0.3, -0.25) is 4.79 Å². The molecular weight excluding hydrogens is 276 g/mol. The number of aryl methyl sites for hydroxylation is 1. The van der Waals surface area contributed by atoms with Crippen molar-refractivity contribution in [3.63, 3.8) is 0 Å². The van der Waals surface area contributed by atoms with E-state index in [-0.39, 0.29) is 12.5 Å². The smallest absolute Gasteiger partial charge is 0.243 e. The molecule has 0 radical (unpaired) electrons. The summed E-state index contributed by atoms with van der Waals surface area (Å²) >= 11 is 0. The molecule has 0 saturated carbocycles. The Morgan fingerprint density at radius 3 is 2.18 bits per heavy atom. The maximum Gasteiger partial charge on any atom is 0.243 e. The number of carbonyl (C=O) groups is 1. The highest BCUT2D eigenvalue weighted by molar-refractivity contribution is 5.93. The monoisotopic (exact) mass is 298 g/mol. The molecule has 116 valence electrons. The molecule has 0 bridgehead atoms. The average molecular weight is 298 g/mol. The molecule has 0 aliphatic heterocycles. The van der Waals surface area contributed by atoms with Crippen molar-refractivity contribution < 1.29 is 9.53 Å². The normalized spacial score (nSPS) is 10.1. The zero-order valence-electron chi connectivity index (χ0n) is 13.1. The van der Waals surface area contributed by atoms with Crippen molar-refractivity contribution in [2.75, 3.05) is 23.8 Å². The fraction of sp³-hybridized carbons (Fsp3) is 0.278. The molecule has 4 nitrogen and oxygen atoms in total. The Kier molecular flexibility index (Phi) is 5.83. The summed E-state index contributed by atoms with van der Waals surface area (Å²) in [7, 11) is 0. The number of nitrogens with one attached hydrogen (secondary N) is 2. The second-order valence-electron chi connectivity index (χ2n) is 4.91. The Balaban J connectivity index is 1.81. The average Bonchev–Trinajstić information content (AvgIpc) is 2.55. The van der Waals surface area contributed by atoms with Crippen molar-refractivity contribution in [2.45, 2.75) is 20.3 Å². The van der Waals surface area contributed by atoms with E-state index >= 15 is 0 Å². The maximum absolute atomic E-state index is 11.9. The van der Waals surface area contributed by atoms with Crippen LogP contribution < -0.4 is 15.4 Å². The van der Waals surface area contributed by atoms with Crippen LogP contribution in [-0.2, 0) is 11.2 Å². The summed E-state index contributed by atoms with van der Waals surface area (Å²) in [6, 6.07) is 15.5. The lowest BCUT2D eigenvalue weighted by atomic mass is 10.1. The van der Waals surface area contributed by atoms with Gasteiger partial charge in [0.05, 0.1) is 13.2 Å². The summed E-state index contributed by atoms with van der Waals surface area (Å²) < 4.78 is 5.38. The predicted octanol–water partition coefficient (Wildman–Crippen LogP) is 3.70. The molecule has 0 aromatic heterocycles. The Morgan fingerprint density at radius 1 is 0.955 bits per heavy atom. The van der Waals surface area contributed by atoms with Crippen LogP contribution in [0.5, 0.6) is 5.75 Å². The highest BCUT2D eigenvalue weighted by atomic mass is 16.5. The van der Waals surface area contributed by atoms with E-state index < -0.39 is 0 Å². The van der Waals surface area contributed by atoms with Gasteiger partial charge in [0.15, 0.2) is 0 Å². The summed E-state index contributed by atoms with van der Waals surface area (Å²) in [6.07, 6.45) is 0.994. The predicted molar refractivity (Wildman–Crippen MR) is 90.6 cm³/mol. The van der Waals surface area contributed by atoms with E-state index in [9.17, 15) is 4.79 Å². The zero-order chi connectivity index (χ0) is 15.8. The van der Waals surface area contributed by atoms with E-state index in [1.807, 2.05) is 55.5 Å². The van der Waals surface area contributed by atoms with Crippen LogP contribution in [0.25, 0.3) is 0 Å². The van der Waals surface area contributed by atoms with Crippen LogP contribution in [0.4, 0.5) is 11.4 Å². The molecule has 0 fully saturated rings. The van der Waals surface area contributed by atoms with Gasteiger partial charge in [-0.25, -0.2) is 0 Å². The lowest BCUT2D eigenvalue weighted by Crippen LogP contribution is -2.21. The first-order chi connectivity index (χ1) is 10.7. The molecule has 0 atom stereocenters. The minimum absolute atomic E-state index is 0.0712. The van der Waals surface area contributed by atoms with Gasteiger partial charge >= 0.3 is 0 Å². The van der Waals surface area contributed by atoms with Gasteiger partial charge in [0, 0.05) is 11.4 Å². The molecule has 0 heterocycles. The first kappa shape index (κ1) is 15.9. The number of ether oxygens (including phenoxy) is 1. The van der Waals surface area contributed by atoms with E-state index in [1.54, 1.807) is 0 Å². The summed E-state index contributed by atoms with van der Waals surface area (Å²) in [5, 5.41) is 5.96. The third kappa shape index (κ3) is 4.81. The van der Waals surface area contributed by atoms with Crippen molar-refractivity contribution in [3.8, 4) is 5.75 Å². The van der Waals surface area contributed by atoms with Crippen LogP contribution in [0.1, 0.15) is 19.4 Å². The van der Waals surface area contributed by atoms with Gasteiger partial charge in [-0.15, -0.1) is 0 Å². The van der Waals surface area contributed by atoms with Crippen LogP contribution in [-0.4, -0.2) is 19.1 Å². The van der Waals surface area contributed by atoms with E-state index in [2.05, 4.69) is 17.6 Å². The number of carbonyl (C=O) groups excluding carboxylic acids is 1. The van der Waals surface area contributed by atoms with Crippen molar-refractivity contribution in [2.24, 2.45) is 0 Å². The van der Waals surface area contributed by atoms with E-state index in [0.717, 1.165) is 23.5 Å². The summed E-state index contributed by atoms with van der Waals surface area (Å²) in [5.74, 6) is 0.756. The first-order valence-electron chi connectivity index (χ1n) is 7.56. The van der Waals surface area contributed by atoms with Crippen LogP contribution in [0.15, 0.2) is 48.5 Å². The third-order valence-corrected chi connectivity index (χ3v) is 3.26. The second-order valence-corrected chi connectivity index (χ2v) is 4.91. The third-order valence-electron chi connectivity index (χ3n) is 3.26. The second kappa shape index (κ2) is 8.08. The fourth-order valence-corrected chi connectivity index (χ4v) is 2.05. The molecule has 22 heavy (non-hydrogen) atoms. The first-order valence-corrected chi connectivity index (χ1v) is 7.56. The fourth-order valence-electron chi connectivity index (χ4n) is 2.05. The largest absolute Gasteiger partial charge is 0.494 e. The number of rotatable bonds is 7. The Morgan fingerprint density at radius 2 is 1.59 bits per heavy atom. The standard InChI is InChI=1S/C18H22N2O2/c1-3-14-5-7-16(8-6-14)20-18(21)13-19-15-9-11-17(12-10-15)22-4-2/h5-12,19H,3-4,13H2,1-2H3,(H,20,21). The summed E-state index contributed by atoms with van der Waals surface area (Å²) in [6.45, 7) is 4.92. The minimum atomic E-state index is -0.0712. The van der Waals surface area contributed by atoms with Gasteiger partial charge in [0.2, 0.25) is 5.91 Å². The molecule has 4 heteroatoms. The van der Waals surface area contributed by atoms with E-state index in [4.69, 9.17) is 4.74 Å². The zero-order valence-corrected chi connectivity index (χ0v) is 13.1. The molecule has 0 spiro atoms. The number of benzene rings is 2. The van der Waals surface area contributed by atoms with Gasteiger partial charge < -0.3 is 15.4 Å². The van der Waals surface area contributed by atoms with Gasteiger partial charge in [0.25, 0.3) is 0 Å². The molecule has 0 aliphatic rings. The van der Waals surface area contributed by atoms with Crippen LogP contribution >= 0.6 is 0 Å². The van der Waals surface area contributed by atoms with Gasteiger partial charge in [-0.2, -0.15) is 0 Å². The summed E-state index contributed by atoms with van der Waals surface area (Å²) in [5.41, 5.74) is 2.96. The van der Waals surface area contributed by atoms with Gasteiger partial charge in [0.1, 0.15) is 5.75 Å². The number of anilines is 2. The quantitative estimate of drug-likeness (QED) is 0.819. The number of hydrogen-bond acceptors (Lipinski definition) is 3. The lowest BCUT2D eigenvalue weighted by Gasteiger charge is -2.09. The highest BCUT2D eigenvalue weighted by Gasteiger charge is 2.02. The molecule has 2 N–H and O–H groups in total. The molecular formula is C18H22N2O2. The van der Waals surface area contributed by atoms with Crippen molar-refractivity contribution in [3.05, 3.63) is 54.1 Å². The molecule has 0 aliphatic carbocycles. The van der Waals surface area contributed by atoms with Crippen molar-refractivity contribution >= 4 is 17.3 Å². The van der Waals surface area contributed by atoms with Crippen LogP contribution in [0.2, 0.25) is 0 Å². The Bertz CT molecular complexity index is 591. The molecule has 0 saturated heterocycles. The van der Waals surface area contributed by atoms with Crippen LogP contribution in [0.3, 0.4) is 0 Å². The number of amides is 1. The van der Waals surface area contributed by atoms with E-state index in [1.165, 1.54) is 5.56 Å². The lowest BCUT2D eigenvalue weighted by molar-refractivity contribution is -0.114. The molecule has 2 aromatic carbocycles. The highest BCUT2D eigenvalue weighted by Crippen LogP contribution is 2.15. The Hall–Kier alpha value is -2.49. The van der Waals surface area contributed by atoms with Crippen molar-refractivity contribution in [1.82, 2.24) is 0 Å². The van der Waals surface area contributed by atoms with Gasteiger partial charge in [-0.05, 0) is 55.3 Å². The minimum Gasteiger partial charge on any atom is -0.494 e. The molecule has 1 amide bonds. The molecule has 0 unspecified atom stereocenters.